The standard InChI is InChI=1S/C12H17N/c1-2-12(8-3-9-12)10-4-6-11(13)7-5-10/h4-7H,2-3,8-9,13H2,1H3. The Hall–Kier alpha value is -0.980. The van der Waals surface area contributed by atoms with Gasteiger partial charge in [-0.3, -0.25) is 0 Å². The van der Waals surface area contributed by atoms with Crippen LogP contribution in [0.25, 0.3) is 0 Å². The maximum absolute atomic E-state index is 5.67. The molecule has 0 spiro atoms. The highest BCUT2D eigenvalue weighted by atomic mass is 14.5. The van der Waals surface area contributed by atoms with E-state index in [2.05, 4.69) is 19.1 Å². The van der Waals surface area contributed by atoms with Gasteiger partial charge in [-0.15, -0.1) is 0 Å². The van der Waals surface area contributed by atoms with Gasteiger partial charge in [0.15, 0.2) is 0 Å². The van der Waals surface area contributed by atoms with Gasteiger partial charge in [-0.25, -0.2) is 0 Å². The fraction of sp³-hybridized carbons (Fsp3) is 0.500. The molecular formula is C12H17N. The Morgan fingerprint density at radius 3 is 2.23 bits per heavy atom. The molecule has 1 aromatic carbocycles. The van der Waals surface area contributed by atoms with E-state index < -0.39 is 0 Å². The highest BCUT2D eigenvalue weighted by molar-refractivity contribution is 5.42. The molecule has 0 unspecified atom stereocenters. The van der Waals surface area contributed by atoms with E-state index in [0.29, 0.717) is 5.41 Å². The van der Waals surface area contributed by atoms with Crippen LogP contribution in [0.4, 0.5) is 5.69 Å². The van der Waals surface area contributed by atoms with Crippen LogP contribution in [-0.2, 0) is 5.41 Å². The molecule has 0 bridgehead atoms. The molecule has 0 aromatic heterocycles. The molecule has 70 valence electrons. The number of nitrogen functional groups attached to an aromatic ring is 1. The van der Waals surface area contributed by atoms with Gasteiger partial charge >= 0.3 is 0 Å². The maximum atomic E-state index is 5.67. The summed E-state index contributed by atoms with van der Waals surface area (Å²) in [5, 5.41) is 0. The molecule has 1 fully saturated rings. The topological polar surface area (TPSA) is 26.0 Å². The van der Waals surface area contributed by atoms with Crippen LogP contribution in [0.15, 0.2) is 24.3 Å². The SMILES string of the molecule is CCC1(c2ccc(N)cc2)CCC1. The van der Waals surface area contributed by atoms with Crippen LogP contribution in [0.2, 0.25) is 0 Å². The third-order valence-electron chi connectivity index (χ3n) is 3.51. The molecule has 0 atom stereocenters. The summed E-state index contributed by atoms with van der Waals surface area (Å²) in [6.07, 6.45) is 5.36. The average molecular weight is 175 g/mol. The van der Waals surface area contributed by atoms with Gasteiger partial charge in [-0.2, -0.15) is 0 Å². The van der Waals surface area contributed by atoms with E-state index >= 15 is 0 Å². The van der Waals surface area contributed by atoms with Gasteiger partial charge in [0.2, 0.25) is 0 Å². The number of rotatable bonds is 2. The highest BCUT2D eigenvalue weighted by Gasteiger charge is 2.36. The molecule has 1 aliphatic rings. The summed E-state index contributed by atoms with van der Waals surface area (Å²) in [6, 6.07) is 8.42. The first kappa shape index (κ1) is 8.61. The number of anilines is 1. The van der Waals surface area contributed by atoms with Crippen LogP contribution >= 0.6 is 0 Å². The molecular weight excluding hydrogens is 158 g/mol. The molecule has 0 saturated heterocycles. The molecule has 0 aliphatic heterocycles. The summed E-state index contributed by atoms with van der Waals surface area (Å²) in [6.45, 7) is 2.29. The van der Waals surface area contributed by atoms with Gasteiger partial charge in [0.05, 0.1) is 0 Å². The van der Waals surface area contributed by atoms with Gasteiger partial charge < -0.3 is 5.73 Å². The van der Waals surface area contributed by atoms with Crippen molar-refractivity contribution >= 4 is 5.69 Å². The van der Waals surface area contributed by atoms with E-state index in [4.69, 9.17) is 5.73 Å². The lowest BCUT2D eigenvalue weighted by molar-refractivity contribution is 0.235. The van der Waals surface area contributed by atoms with Crippen molar-refractivity contribution in [3.05, 3.63) is 29.8 Å². The van der Waals surface area contributed by atoms with E-state index in [-0.39, 0.29) is 0 Å². The Morgan fingerprint density at radius 2 is 1.85 bits per heavy atom. The van der Waals surface area contributed by atoms with E-state index in [1.54, 1.807) is 0 Å². The second-order valence-electron chi connectivity index (χ2n) is 4.11. The van der Waals surface area contributed by atoms with Crippen molar-refractivity contribution in [2.75, 3.05) is 5.73 Å². The van der Waals surface area contributed by atoms with E-state index in [1.807, 2.05) is 12.1 Å². The van der Waals surface area contributed by atoms with Gasteiger partial charge in [-0.05, 0) is 42.4 Å². The van der Waals surface area contributed by atoms with Crippen molar-refractivity contribution in [1.82, 2.24) is 0 Å². The van der Waals surface area contributed by atoms with E-state index in [0.717, 1.165) is 5.69 Å². The molecule has 1 heteroatoms. The van der Waals surface area contributed by atoms with Gasteiger partial charge in [0.25, 0.3) is 0 Å². The molecule has 1 aromatic rings. The molecule has 2 N–H and O–H groups in total. The minimum absolute atomic E-state index is 0.494. The second-order valence-corrected chi connectivity index (χ2v) is 4.11. The average Bonchev–Trinajstić information content (AvgIpc) is 2.07. The molecule has 13 heavy (non-hydrogen) atoms. The Bertz CT molecular complexity index is 277. The molecule has 0 radical (unpaired) electrons. The third kappa shape index (κ3) is 1.32. The largest absolute Gasteiger partial charge is 0.399 e. The van der Waals surface area contributed by atoms with Crippen LogP contribution < -0.4 is 5.73 Å². The van der Waals surface area contributed by atoms with Gasteiger partial charge in [-0.1, -0.05) is 25.5 Å². The van der Waals surface area contributed by atoms with Crippen molar-refractivity contribution in [3.8, 4) is 0 Å². The predicted octanol–water partition coefficient (Wildman–Crippen LogP) is 3.10. The second kappa shape index (κ2) is 3.06. The van der Waals surface area contributed by atoms with Crippen LogP contribution in [0.1, 0.15) is 38.2 Å². The monoisotopic (exact) mass is 175 g/mol. The number of nitrogens with two attached hydrogens (primary N) is 1. The fourth-order valence-corrected chi connectivity index (χ4v) is 2.29. The molecule has 0 amide bonds. The molecule has 2 rings (SSSR count). The lowest BCUT2D eigenvalue weighted by atomic mass is 9.63. The normalized spacial score (nSPS) is 19.5. The van der Waals surface area contributed by atoms with E-state index in [1.165, 1.54) is 31.2 Å². The summed E-state index contributed by atoms with van der Waals surface area (Å²) in [7, 11) is 0. The summed E-state index contributed by atoms with van der Waals surface area (Å²) >= 11 is 0. The molecule has 1 nitrogen and oxygen atoms in total. The van der Waals surface area contributed by atoms with Crippen molar-refractivity contribution in [2.24, 2.45) is 0 Å². The molecule has 1 saturated carbocycles. The minimum Gasteiger partial charge on any atom is -0.399 e. The lowest BCUT2D eigenvalue weighted by Crippen LogP contribution is -2.33. The Morgan fingerprint density at radius 1 is 1.23 bits per heavy atom. The zero-order chi connectivity index (χ0) is 9.31. The van der Waals surface area contributed by atoms with Crippen molar-refractivity contribution in [1.29, 1.82) is 0 Å². The Labute approximate surface area is 80.0 Å². The van der Waals surface area contributed by atoms with Crippen LogP contribution in [0, 0.1) is 0 Å². The smallest absolute Gasteiger partial charge is 0.0314 e. The van der Waals surface area contributed by atoms with Crippen LogP contribution in [-0.4, -0.2) is 0 Å². The van der Waals surface area contributed by atoms with Crippen LogP contribution in [0.3, 0.4) is 0 Å². The zero-order valence-electron chi connectivity index (χ0n) is 8.22. The van der Waals surface area contributed by atoms with Crippen molar-refractivity contribution in [3.63, 3.8) is 0 Å². The maximum Gasteiger partial charge on any atom is 0.0314 e. The number of hydrogen-bond donors (Lipinski definition) is 1. The fourth-order valence-electron chi connectivity index (χ4n) is 2.29. The highest BCUT2D eigenvalue weighted by Crippen LogP contribution is 2.46. The Kier molecular flexibility index (Phi) is 2.03. The summed E-state index contributed by atoms with van der Waals surface area (Å²) in [5.41, 5.74) is 8.52. The first-order chi connectivity index (χ1) is 6.27. The molecule has 1 aliphatic carbocycles. The quantitative estimate of drug-likeness (QED) is 0.687. The van der Waals surface area contributed by atoms with Gasteiger partial charge in [0, 0.05) is 5.69 Å². The molecule has 0 heterocycles. The van der Waals surface area contributed by atoms with Crippen LogP contribution in [0.5, 0.6) is 0 Å². The lowest BCUT2D eigenvalue weighted by Gasteiger charge is -2.42. The predicted molar refractivity (Wildman–Crippen MR) is 56.7 cm³/mol. The first-order valence-corrected chi connectivity index (χ1v) is 5.13. The summed E-state index contributed by atoms with van der Waals surface area (Å²) < 4.78 is 0. The van der Waals surface area contributed by atoms with Gasteiger partial charge in [0.1, 0.15) is 0 Å². The summed E-state index contributed by atoms with van der Waals surface area (Å²) in [5.74, 6) is 0. The first-order valence-electron chi connectivity index (χ1n) is 5.13. The van der Waals surface area contributed by atoms with Crippen molar-refractivity contribution < 1.29 is 0 Å². The minimum atomic E-state index is 0.494. The van der Waals surface area contributed by atoms with Crippen molar-refractivity contribution in [2.45, 2.75) is 38.0 Å². The summed E-state index contributed by atoms with van der Waals surface area (Å²) in [4.78, 5) is 0. The van der Waals surface area contributed by atoms with E-state index in [9.17, 15) is 0 Å². The Balaban J connectivity index is 2.28. The zero-order valence-corrected chi connectivity index (χ0v) is 8.22. The number of benzene rings is 1. The third-order valence-corrected chi connectivity index (χ3v) is 3.51. The number of hydrogen-bond acceptors (Lipinski definition) is 1.